The van der Waals surface area contributed by atoms with Gasteiger partial charge in [-0.3, -0.25) is 13.6 Å². The molecule has 19 heavy (non-hydrogen) atoms. The third kappa shape index (κ3) is 6.53. The summed E-state index contributed by atoms with van der Waals surface area (Å²) in [6, 6.07) is 9.77. The van der Waals surface area contributed by atoms with Gasteiger partial charge in [-0.1, -0.05) is 30.3 Å². The number of benzene rings is 1. The van der Waals surface area contributed by atoms with Crippen molar-refractivity contribution in [3.8, 4) is 0 Å². The van der Waals surface area contributed by atoms with Gasteiger partial charge in [0.15, 0.2) is 0 Å². The summed E-state index contributed by atoms with van der Waals surface area (Å²) in [7, 11) is -3.42. The first-order chi connectivity index (χ1) is 9.20. The molecule has 4 nitrogen and oxygen atoms in total. The predicted molar refractivity (Wildman–Crippen MR) is 75.8 cm³/mol. The first-order valence-corrected chi connectivity index (χ1v) is 7.66. The Hall–Kier alpha value is -1.15. The Morgan fingerprint density at radius 3 is 2.32 bits per heavy atom. The summed E-state index contributed by atoms with van der Waals surface area (Å²) in [4.78, 5) is 0. The zero-order chi connectivity index (χ0) is 14.0. The minimum absolute atomic E-state index is 0.126. The van der Waals surface area contributed by atoms with Crippen molar-refractivity contribution in [2.75, 3.05) is 19.8 Å². The van der Waals surface area contributed by atoms with Gasteiger partial charge in [-0.25, -0.2) is 4.57 Å². The molecule has 0 bridgehead atoms. The minimum Gasteiger partial charge on any atom is -0.287 e. The maximum absolute atomic E-state index is 11.9. The molecule has 0 aliphatic rings. The molecule has 5 heteroatoms. The molecular weight excluding hydrogens is 263 g/mol. The largest absolute Gasteiger partial charge is 0.475 e. The Morgan fingerprint density at radius 2 is 1.74 bits per heavy atom. The van der Waals surface area contributed by atoms with Crippen LogP contribution in [0.3, 0.4) is 0 Å². The fourth-order valence-corrected chi connectivity index (χ4v) is 2.42. The highest BCUT2D eigenvalue weighted by Crippen LogP contribution is 2.48. The molecule has 0 aliphatic heterocycles. The molecule has 0 N–H and O–H groups in total. The van der Waals surface area contributed by atoms with Crippen molar-refractivity contribution >= 4 is 13.9 Å². The Kier molecular flexibility index (Phi) is 7.42. The predicted octanol–water partition coefficient (Wildman–Crippen LogP) is 4.05. The van der Waals surface area contributed by atoms with Crippen LogP contribution in [-0.2, 0) is 18.1 Å². The van der Waals surface area contributed by atoms with Crippen molar-refractivity contribution in [1.82, 2.24) is 0 Å². The summed E-state index contributed by atoms with van der Waals surface area (Å²) < 4.78 is 27.0. The van der Waals surface area contributed by atoms with Crippen LogP contribution in [-0.4, -0.2) is 19.8 Å². The number of hydrogen-bond acceptors (Lipinski definition) is 4. The lowest BCUT2D eigenvalue weighted by atomic mass is 10.2. The van der Waals surface area contributed by atoms with Gasteiger partial charge in [0.05, 0.1) is 19.8 Å². The first kappa shape index (κ1) is 15.9. The molecule has 1 aromatic rings. The van der Waals surface area contributed by atoms with E-state index in [9.17, 15) is 4.57 Å². The lowest BCUT2D eigenvalue weighted by molar-refractivity contribution is 0.131. The van der Waals surface area contributed by atoms with Crippen LogP contribution in [0.4, 0.5) is 0 Å². The molecule has 104 valence electrons. The van der Waals surface area contributed by atoms with Gasteiger partial charge in [-0.05, 0) is 31.6 Å². The summed E-state index contributed by atoms with van der Waals surface area (Å²) in [5.41, 5.74) is 3.99. The van der Waals surface area contributed by atoms with Crippen molar-refractivity contribution < 1.29 is 18.1 Å². The standard InChI is InChI=1S/C14H19O4P/c1-3-16-19(15,17-4-2)18-13-9-8-12-14-10-6-5-7-11-14/h5-7,9-12H,3-4,13H2,1-2H3. The average molecular weight is 282 g/mol. The zero-order valence-corrected chi connectivity index (χ0v) is 12.1. The van der Waals surface area contributed by atoms with Crippen molar-refractivity contribution in [3.63, 3.8) is 0 Å². The van der Waals surface area contributed by atoms with Gasteiger partial charge in [0.2, 0.25) is 0 Å². The van der Waals surface area contributed by atoms with Crippen molar-refractivity contribution in [3.05, 3.63) is 47.7 Å². The molecule has 0 atom stereocenters. The Morgan fingerprint density at radius 1 is 1.11 bits per heavy atom. The van der Waals surface area contributed by atoms with Gasteiger partial charge >= 0.3 is 7.82 Å². The van der Waals surface area contributed by atoms with Gasteiger partial charge in [-0.2, -0.15) is 0 Å². The number of rotatable bonds is 8. The number of phosphoric acid groups is 1. The molecule has 0 fully saturated rings. The summed E-state index contributed by atoms with van der Waals surface area (Å²) in [5.74, 6) is 0. The van der Waals surface area contributed by atoms with Gasteiger partial charge in [0.1, 0.15) is 0 Å². The van der Waals surface area contributed by atoms with Crippen LogP contribution in [0.5, 0.6) is 0 Å². The van der Waals surface area contributed by atoms with E-state index in [-0.39, 0.29) is 19.8 Å². The fourth-order valence-electron chi connectivity index (χ4n) is 1.31. The molecule has 1 rings (SSSR count). The van der Waals surface area contributed by atoms with Gasteiger partial charge in [-0.15, -0.1) is 5.73 Å². The van der Waals surface area contributed by atoms with Gasteiger partial charge < -0.3 is 0 Å². The highest BCUT2D eigenvalue weighted by molar-refractivity contribution is 7.48. The van der Waals surface area contributed by atoms with E-state index in [1.165, 1.54) is 0 Å². The Bertz CT molecular complexity index is 454. The average Bonchev–Trinajstić information content (AvgIpc) is 2.40. The van der Waals surface area contributed by atoms with E-state index in [2.05, 4.69) is 5.73 Å². The summed E-state index contributed by atoms with van der Waals surface area (Å²) in [5, 5.41) is 0. The third-order valence-electron chi connectivity index (χ3n) is 2.06. The van der Waals surface area contributed by atoms with E-state index in [0.29, 0.717) is 0 Å². The van der Waals surface area contributed by atoms with Crippen LogP contribution in [0, 0.1) is 0 Å². The van der Waals surface area contributed by atoms with E-state index in [1.54, 1.807) is 19.9 Å². The van der Waals surface area contributed by atoms with E-state index < -0.39 is 7.82 Å². The van der Waals surface area contributed by atoms with Gasteiger partial charge in [0, 0.05) is 0 Å². The highest BCUT2D eigenvalue weighted by Gasteiger charge is 2.24. The number of hydrogen-bond donors (Lipinski definition) is 0. The lowest BCUT2D eigenvalue weighted by Crippen LogP contribution is -1.99. The first-order valence-electron chi connectivity index (χ1n) is 6.20. The molecule has 0 saturated carbocycles. The summed E-state index contributed by atoms with van der Waals surface area (Å²) >= 11 is 0. The molecule has 1 aromatic carbocycles. The van der Waals surface area contributed by atoms with Crippen LogP contribution in [0.25, 0.3) is 6.08 Å². The smallest absolute Gasteiger partial charge is 0.287 e. The monoisotopic (exact) mass is 282 g/mol. The van der Waals surface area contributed by atoms with Crippen LogP contribution < -0.4 is 0 Å². The molecule has 0 heterocycles. The van der Waals surface area contributed by atoms with E-state index in [0.717, 1.165) is 5.56 Å². The SMILES string of the molecule is CCOP(=O)(OCC)OCC=C=Cc1ccccc1. The zero-order valence-electron chi connectivity index (χ0n) is 11.2. The molecular formula is C14H19O4P. The van der Waals surface area contributed by atoms with Crippen LogP contribution >= 0.6 is 7.82 Å². The highest BCUT2D eigenvalue weighted by atomic mass is 31.2. The van der Waals surface area contributed by atoms with Crippen LogP contribution in [0.2, 0.25) is 0 Å². The Balaban J connectivity index is 2.48. The third-order valence-corrected chi connectivity index (χ3v) is 3.67. The summed E-state index contributed by atoms with van der Waals surface area (Å²) in [6.45, 7) is 4.16. The van der Waals surface area contributed by atoms with Crippen molar-refractivity contribution in [1.29, 1.82) is 0 Å². The fraction of sp³-hybridized carbons (Fsp3) is 0.357. The second kappa shape index (κ2) is 8.87. The molecule has 0 saturated heterocycles. The molecule has 0 unspecified atom stereocenters. The van der Waals surface area contributed by atoms with Gasteiger partial charge in [0.25, 0.3) is 0 Å². The molecule has 0 radical (unpaired) electrons. The maximum Gasteiger partial charge on any atom is 0.475 e. The normalized spacial score (nSPS) is 10.8. The van der Waals surface area contributed by atoms with Crippen molar-refractivity contribution in [2.24, 2.45) is 0 Å². The molecule has 0 spiro atoms. The molecule has 0 aromatic heterocycles. The van der Waals surface area contributed by atoms with Crippen LogP contribution in [0.15, 0.2) is 42.1 Å². The van der Waals surface area contributed by atoms with E-state index >= 15 is 0 Å². The Labute approximate surface area is 114 Å². The second-order valence-corrected chi connectivity index (χ2v) is 5.17. The second-order valence-electron chi connectivity index (χ2n) is 3.50. The molecule has 0 aliphatic carbocycles. The van der Waals surface area contributed by atoms with E-state index in [4.69, 9.17) is 13.6 Å². The topological polar surface area (TPSA) is 44.8 Å². The van der Waals surface area contributed by atoms with Crippen molar-refractivity contribution in [2.45, 2.75) is 13.8 Å². The van der Waals surface area contributed by atoms with E-state index in [1.807, 2.05) is 36.4 Å². The summed E-state index contributed by atoms with van der Waals surface area (Å²) in [6.07, 6.45) is 3.45. The molecule has 0 amide bonds. The number of phosphoric ester groups is 1. The minimum atomic E-state index is -3.42. The maximum atomic E-state index is 11.9. The lowest BCUT2D eigenvalue weighted by Gasteiger charge is -2.14. The quantitative estimate of drug-likeness (QED) is 0.533. The van der Waals surface area contributed by atoms with Crippen LogP contribution in [0.1, 0.15) is 19.4 Å².